The van der Waals surface area contributed by atoms with Crippen LogP contribution in [-0.2, 0) is 6.54 Å². The molecule has 0 radical (unpaired) electrons. The van der Waals surface area contributed by atoms with Crippen LogP contribution in [0.2, 0.25) is 0 Å². The van der Waals surface area contributed by atoms with Gasteiger partial charge in [0, 0.05) is 37.5 Å². The molecule has 2 N–H and O–H groups in total. The third kappa shape index (κ3) is 2.94. The second-order valence-corrected chi connectivity index (χ2v) is 8.86. The molecule has 1 aromatic carbocycles. The van der Waals surface area contributed by atoms with E-state index >= 15 is 0 Å². The number of aromatic nitrogens is 1. The highest BCUT2D eigenvalue weighted by Gasteiger charge is 2.59. The van der Waals surface area contributed by atoms with Crippen LogP contribution in [0.4, 0.5) is 8.78 Å². The molecule has 1 aromatic heterocycles. The largest absolute Gasteiger partial charge is 0.503 e. The van der Waals surface area contributed by atoms with Gasteiger partial charge in [-0.3, -0.25) is 14.4 Å². The monoisotopic (exact) mass is 429 g/mol. The van der Waals surface area contributed by atoms with Crippen molar-refractivity contribution in [2.45, 2.75) is 32.4 Å². The Balaban J connectivity index is 1.51. The number of hydrogen-bond donors (Lipinski definition) is 2. The first kappa shape index (κ1) is 19.7. The lowest BCUT2D eigenvalue weighted by atomic mass is 9.93. The van der Waals surface area contributed by atoms with Gasteiger partial charge in [-0.2, -0.15) is 0 Å². The lowest BCUT2D eigenvalue weighted by molar-refractivity contribution is 0.0642. The van der Waals surface area contributed by atoms with Crippen molar-refractivity contribution in [2.24, 2.45) is 11.3 Å². The summed E-state index contributed by atoms with van der Waals surface area (Å²) in [7, 11) is 0. The van der Waals surface area contributed by atoms with E-state index in [-0.39, 0.29) is 34.8 Å². The second-order valence-electron chi connectivity index (χ2n) is 8.86. The van der Waals surface area contributed by atoms with E-state index in [0.29, 0.717) is 25.1 Å². The van der Waals surface area contributed by atoms with Crippen LogP contribution in [0, 0.1) is 23.0 Å². The standard InChI is InChI=1S/C22H21F2N3O4/c1-22-7-12(22)4-5-26-10-16(22)27-9-14(18(28)19(29)17(27)21(26)31)20(30)25-8-11-2-3-13(23)6-15(11)24/h2-3,6,9,12,16,29H,4-5,7-8,10H2,1H3,(H,25,30)/t12?,16-,22+/m0/s1. The molecule has 5 rings (SSSR count). The van der Waals surface area contributed by atoms with Gasteiger partial charge in [-0.25, -0.2) is 8.78 Å². The van der Waals surface area contributed by atoms with Crippen molar-refractivity contribution in [3.8, 4) is 5.75 Å². The number of fused-ring (bicyclic) bond motifs is 6. The maximum atomic E-state index is 13.8. The average molecular weight is 429 g/mol. The minimum Gasteiger partial charge on any atom is -0.503 e. The van der Waals surface area contributed by atoms with E-state index < -0.39 is 34.6 Å². The Labute approximate surface area is 176 Å². The Bertz CT molecular complexity index is 1190. The van der Waals surface area contributed by atoms with Gasteiger partial charge in [-0.15, -0.1) is 0 Å². The second kappa shape index (κ2) is 6.63. The SMILES string of the molecule is C[C@@]12CC1CCN1C[C@@H]2n2cc(C(=O)NCc3ccc(F)cc3F)c(=O)c(O)c2C1=O. The van der Waals surface area contributed by atoms with Gasteiger partial charge in [-0.1, -0.05) is 13.0 Å². The molecule has 1 unspecified atom stereocenters. The molecule has 2 aliphatic heterocycles. The number of aromatic hydroxyl groups is 1. The molecule has 2 fully saturated rings. The van der Waals surface area contributed by atoms with Crippen LogP contribution in [0.5, 0.6) is 5.75 Å². The van der Waals surface area contributed by atoms with Crippen LogP contribution in [0.15, 0.2) is 29.2 Å². The Morgan fingerprint density at radius 1 is 1.32 bits per heavy atom. The van der Waals surface area contributed by atoms with Crippen molar-refractivity contribution in [3.63, 3.8) is 0 Å². The minimum atomic E-state index is -0.950. The number of halogens is 2. The smallest absolute Gasteiger partial charge is 0.274 e. The van der Waals surface area contributed by atoms with E-state index in [1.807, 2.05) is 0 Å². The van der Waals surface area contributed by atoms with Gasteiger partial charge in [0.15, 0.2) is 11.4 Å². The van der Waals surface area contributed by atoms with E-state index in [4.69, 9.17) is 0 Å². The van der Waals surface area contributed by atoms with Gasteiger partial charge in [0.25, 0.3) is 11.8 Å². The maximum Gasteiger partial charge on any atom is 0.274 e. The van der Waals surface area contributed by atoms with Crippen LogP contribution in [0.25, 0.3) is 0 Å². The predicted molar refractivity (Wildman–Crippen MR) is 106 cm³/mol. The zero-order valence-electron chi connectivity index (χ0n) is 16.8. The predicted octanol–water partition coefficient (Wildman–Crippen LogP) is 2.19. The summed E-state index contributed by atoms with van der Waals surface area (Å²) in [6, 6.07) is 2.83. The van der Waals surface area contributed by atoms with Gasteiger partial charge in [0.05, 0.1) is 6.04 Å². The Hall–Kier alpha value is -3.23. The van der Waals surface area contributed by atoms with Crippen LogP contribution in [0.3, 0.4) is 0 Å². The first-order valence-electron chi connectivity index (χ1n) is 10.2. The van der Waals surface area contributed by atoms with Gasteiger partial charge in [-0.05, 0) is 30.2 Å². The number of carbonyl (C=O) groups excluding carboxylic acids is 2. The number of carbonyl (C=O) groups is 2. The van der Waals surface area contributed by atoms with Gasteiger partial charge in [0.2, 0.25) is 5.43 Å². The minimum absolute atomic E-state index is 0.0555. The molecule has 7 nitrogen and oxygen atoms in total. The molecule has 1 saturated heterocycles. The number of amides is 2. The number of hydrogen-bond acceptors (Lipinski definition) is 4. The number of rotatable bonds is 3. The first-order chi connectivity index (χ1) is 14.7. The summed E-state index contributed by atoms with van der Waals surface area (Å²) >= 11 is 0. The molecule has 3 aliphatic rings. The van der Waals surface area contributed by atoms with Crippen molar-refractivity contribution in [1.82, 2.24) is 14.8 Å². The summed E-state index contributed by atoms with van der Waals surface area (Å²) < 4.78 is 28.5. The first-order valence-corrected chi connectivity index (χ1v) is 10.2. The Morgan fingerprint density at radius 3 is 2.84 bits per heavy atom. The molecule has 2 amide bonds. The fraction of sp³-hybridized carbons (Fsp3) is 0.409. The highest BCUT2D eigenvalue weighted by Crippen LogP contribution is 2.63. The van der Waals surface area contributed by atoms with Crippen molar-refractivity contribution in [1.29, 1.82) is 0 Å². The maximum absolute atomic E-state index is 13.8. The van der Waals surface area contributed by atoms with Gasteiger partial charge >= 0.3 is 0 Å². The molecule has 31 heavy (non-hydrogen) atoms. The normalized spacial score (nSPS) is 26.0. The molecule has 162 valence electrons. The molecule has 1 aliphatic carbocycles. The van der Waals surface area contributed by atoms with Gasteiger partial charge < -0.3 is 19.9 Å². The van der Waals surface area contributed by atoms with E-state index in [0.717, 1.165) is 18.9 Å². The van der Waals surface area contributed by atoms with Crippen molar-refractivity contribution in [3.05, 3.63) is 63.1 Å². The third-order valence-corrected chi connectivity index (χ3v) is 7.10. The van der Waals surface area contributed by atoms with Crippen molar-refractivity contribution in [2.75, 3.05) is 13.1 Å². The lowest BCUT2D eigenvalue weighted by Gasteiger charge is -2.38. The van der Waals surface area contributed by atoms with Crippen LogP contribution >= 0.6 is 0 Å². The van der Waals surface area contributed by atoms with E-state index in [1.165, 1.54) is 12.3 Å². The van der Waals surface area contributed by atoms with Crippen LogP contribution in [0.1, 0.15) is 52.2 Å². The topological polar surface area (TPSA) is 91.6 Å². The van der Waals surface area contributed by atoms with Crippen LogP contribution < -0.4 is 10.7 Å². The summed E-state index contributed by atoms with van der Waals surface area (Å²) in [6.07, 6.45) is 3.19. The number of nitrogens with one attached hydrogen (secondary N) is 1. The Kier molecular flexibility index (Phi) is 4.22. The van der Waals surface area contributed by atoms with E-state index in [9.17, 15) is 28.3 Å². The van der Waals surface area contributed by atoms with E-state index in [2.05, 4.69) is 12.2 Å². The fourth-order valence-electron chi connectivity index (χ4n) is 5.05. The molecule has 3 atom stereocenters. The molecule has 2 bridgehead atoms. The molecule has 9 heteroatoms. The van der Waals surface area contributed by atoms with Gasteiger partial charge in [0.1, 0.15) is 17.2 Å². The highest BCUT2D eigenvalue weighted by molar-refractivity contribution is 5.99. The molecule has 1 saturated carbocycles. The molecule has 3 heterocycles. The number of benzene rings is 1. The number of pyridine rings is 1. The summed E-state index contributed by atoms with van der Waals surface area (Å²) in [5, 5.41) is 13.0. The van der Waals surface area contributed by atoms with Crippen LogP contribution in [-0.4, -0.2) is 39.5 Å². The third-order valence-electron chi connectivity index (χ3n) is 7.10. The molecule has 0 spiro atoms. The van der Waals surface area contributed by atoms with Crippen molar-refractivity contribution >= 4 is 11.8 Å². The zero-order valence-corrected chi connectivity index (χ0v) is 16.8. The summed E-state index contributed by atoms with van der Waals surface area (Å²) in [6.45, 7) is 2.90. The lowest BCUT2D eigenvalue weighted by Crippen LogP contribution is -2.46. The van der Waals surface area contributed by atoms with E-state index in [1.54, 1.807) is 9.47 Å². The quantitative estimate of drug-likeness (QED) is 0.783. The number of nitrogens with zero attached hydrogens (tertiary/aromatic N) is 2. The molecular weight excluding hydrogens is 408 g/mol. The summed E-state index contributed by atoms with van der Waals surface area (Å²) in [5.41, 5.74) is -1.38. The summed E-state index contributed by atoms with van der Waals surface area (Å²) in [4.78, 5) is 40.0. The van der Waals surface area contributed by atoms with Crippen molar-refractivity contribution < 1.29 is 23.5 Å². The summed E-state index contributed by atoms with van der Waals surface area (Å²) in [5.74, 6) is -3.08. The zero-order chi connectivity index (χ0) is 22.1. The molecular formula is C22H21F2N3O4. The average Bonchev–Trinajstić information content (AvgIpc) is 3.41. The molecule has 2 aromatic rings. The highest BCUT2D eigenvalue weighted by atomic mass is 19.1. The fourth-order valence-corrected chi connectivity index (χ4v) is 5.05. The Morgan fingerprint density at radius 2 is 2.10 bits per heavy atom.